The summed E-state index contributed by atoms with van der Waals surface area (Å²) in [5.74, 6) is -1.24. The van der Waals surface area contributed by atoms with Crippen molar-refractivity contribution in [2.24, 2.45) is 11.1 Å². The fourth-order valence-electron chi connectivity index (χ4n) is 1.33. The molecular formula is C12H14ClN3O4. The molecule has 0 radical (unpaired) electrons. The number of nitrogens with one attached hydrogen (secondary N) is 1. The van der Waals surface area contributed by atoms with Gasteiger partial charge in [0.05, 0.1) is 10.3 Å². The zero-order valence-corrected chi connectivity index (χ0v) is 11.7. The normalized spacial score (nSPS) is 10.9. The highest BCUT2D eigenvalue weighted by Crippen LogP contribution is 2.23. The number of halogens is 1. The van der Waals surface area contributed by atoms with Crippen LogP contribution in [0.25, 0.3) is 0 Å². The summed E-state index contributed by atoms with van der Waals surface area (Å²) in [7, 11) is 0. The van der Waals surface area contributed by atoms with Crippen LogP contribution in [-0.4, -0.2) is 23.3 Å². The van der Waals surface area contributed by atoms with Gasteiger partial charge in [0.15, 0.2) is 0 Å². The number of primary amides is 1. The number of nitro groups is 1. The molecule has 0 saturated carbocycles. The molecule has 2 amide bonds. The highest BCUT2D eigenvalue weighted by Gasteiger charge is 2.27. The van der Waals surface area contributed by atoms with Gasteiger partial charge in [-0.2, -0.15) is 0 Å². The Labute approximate surface area is 120 Å². The zero-order valence-electron chi connectivity index (χ0n) is 11.0. The molecule has 0 aliphatic carbocycles. The molecule has 1 rings (SSSR count). The van der Waals surface area contributed by atoms with E-state index in [1.807, 2.05) is 0 Å². The molecule has 3 N–H and O–H groups in total. The van der Waals surface area contributed by atoms with Gasteiger partial charge in [0, 0.05) is 17.6 Å². The van der Waals surface area contributed by atoms with Gasteiger partial charge in [-0.25, -0.2) is 0 Å². The van der Waals surface area contributed by atoms with E-state index in [1.54, 1.807) is 13.8 Å². The first-order valence-electron chi connectivity index (χ1n) is 5.67. The second kappa shape index (κ2) is 5.87. The molecule has 0 aliphatic heterocycles. The van der Waals surface area contributed by atoms with Gasteiger partial charge in [-0.15, -0.1) is 0 Å². The van der Waals surface area contributed by atoms with Crippen molar-refractivity contribution in [2.45, 2.75) is 13.8 Å². The average Bonchev–Trinajstić information content (AvgIpc) is 2.35. The van der Waals surface area contributed by atoms with Crippen LogP contribution in [-0.2, 0) is 4.79 Å². The van der Waals surface area contributed by atoms with Crippen LogP contribution in [0.1, 0.15) is 24.2 Å². The SMILES string of the molecule is CC(C)(CNC(=O)c1ccc(Cl)cc1[N+](=O)[O-])C(N)=O. The van der Waals surface area contributed by atoms with Crippen molar-refractivity contribution in [3.05, 3.63) is 38.9 Å². The number of rotatable bonds is 5. The van der Waals surface area contributed by atoms with E-state index in [2.05, 4.69) is 5.32 Å². The molecule has 20 heavy (non-hydrogen) atoms. The molecular weight excluding hydrogens is 286 g/mol. The first-order valence-corrected chi connectivity index (χ1v) is 6.05. The Bertz CT molecular complexity index is 572. The third-order valence-electron chi connectivity index (χ3n) is 2.76. The highest BCUT2D eigenvalue weighted by atomic mass is 35.5. The van der Waals surface area contributed by atoms with Crippen molar-refractivity contribution < 1.29 is 14.5 Å². The maximum Gasteiger partial charge on any atom is 0.283 e. The summed E-state index contributed by atoms with van der Waals surface area (Å²) in [6.07, 6.45) is 0. The first kappa shape index (κ1) is 15.9. The Morgan fingerprint density at radius 1 is 1.45 bits per heavy atom. The number of hydrogen-bond acceptors (Lipinski definition) is 4. The van der Waals surface area contributed by atoms with Crippen molar-refractivity contribution in [1.29, 1.82) is 0 Å². The van der Waals surface area contributed by atoms with Crippen LogP contribution in [0.3, 0.4) is 0 Å². The van der Waals surface area contributed by atoms with Crippen LogP contribution in [0.2, 0.25) is 5.02 Å². The van der Waals surface area contributed by atoms with Crippen LogP contribution >= 0.6 is 11.6 Å². The van der Waals surface area contributed by atoms with Crippen LogP contribution in [0, 0.1) is 15.5 Å². The van der Waals surface area contributed by atoms with Crippen LogP contribution in [0.15, 0.2) is 18.2 Å². The van der Waals surface area contributed by atoms with Crippen molar-refractivity contribution in [3.8, 4) is 0 Å². The van der Waals surface area contributed by atoms with Gasteiger partial charge in [-0.1, -0.05) is 11.6 Å². The van der Waals surface area contributed by atoms with Gasteiger partial charge in [0.1, 0.15) is 5.56 Å². The second-order valence-corrected chi connectivity index (χ2v) is 5.29. The third kappa shape index (κ3) is 3.67. The van der Waals surface area contributed by atoms with E-state index in [-0.39, 0.29) is 17.1 Å². The van der Waals surface area contributed by atoms with Crippen molar-refractivity contribution in [3.63, 3.8) is 0 Å². The van der Waals surface area contributed by atoms with Gasteiger partial charge in [-0.05, 0) is 26.0 Å². The van der Waals surface area contributed by atoms with E-state index in [9.17, 15) is 19.7 Å². The smallest absolute Gasteiger partial charge is 0.283 e. The Kier molecular flexibility index (Phi) is 4.67. The van der Waals surface area contributed by atoms with Gasteiger partial charge in [0.25, 0.3) is 11.6 Å². The van der Waals surface area contributed by atoms with Crippen molar-refractivity contribution in [2.75, 3.05) is 6.54 Å². The molecule has 0 bridgehead atoms. The molecule has 0 saturated heterocycles. The van der Waals surface area contributed by atoms with Crippen LogP contribution in [0.5, 0.6) is 0 Å². The van der Waals surface area contributed by atoms with Gasteiger partial charge in [-0.3, -0.25) is 19.7 Å². The van der Waals surface area contributed by atoms with Crippen LogP contribution in [0.4, 0.5) is 5.69 Å². The van der Waals surface area contributed by atoms with Gasteiger partial charge in [0.2, 0.25) is 5.91 Å². The standard InChI is InChI=1S/C12H14ClN3O4/c1-12(2,11(14)18)6-15-10(17)8-4-3-7(13)5-9(8)16(19)20/h3-5H,6H2,1-2H3,(H2,14,18)(H,15,17). The maximum atomic E-state index is 11.9. The number of benzene rings is 1. The summed E-state index contributed by atoms with van der Waals surface area (Å²) in [5, 5.41) is 13.5. The average molecular weight is 300 g/mol. The molecule has 1 aromatic rings. The molecule has 8 heteroatoms. The van der Waals surface area contributed by atoms with E-state index in [0.29, 0.717) is 0 Å². The molecule has 1 aromatic carbocycles. The van der Waals surface area contributed by atoms with Crippen molar-refractivity contribution in [1.82, 2.24) is 5.32 Å². The van der Waals surface area contributed by atoms with E-state index < -0.39 is 27.8 Å². The van der Waals surface area contributed by atoms with E-state index in [1.165, 1.54) is 12.1 Å². The fraction of sp³-hybridized carbons (Fsp3) is 0.333. The Balaban J connectivity index is 2.94. The lowest BCUT2D eigenvalue weighted by molar-refractivity contribution is -0.385. The quantitative estimate of drug-likeness (QED) is 0.633. The summed E-state index contributed by atoms with van der Waals surface area (Å²) in [6, 6.07) is 3.73. The summed E-state index contributed by atoms with van der Waals surface area (Å²) in [5.41, 5.74) is 3.71. The van der Waals surface area contributed by atoms with Gasteiger partial charge < -0.3 is 11.1 Å². The van der Waals surface area contributed by atoms with E-state index in [4.69, 9.17) is 17.3 Å². The number of carbonyl (C=O) groups is 2. The molecule has 108 valence electrons. The fourth-order valence-corrected chi connectivity index (χ4v) is 1.50. The Hall–Kier alpha value is -2.15. The topological polar surface area (TPSA) is 115 Å². The summed E-state index contributed by atoms with van der Waals surface area (Å²) < 4.78 is 0. The molecule has 0 atom stereocenters. The second-order valence-electron chi connectivity index (χ2n) is 4.85. The molecule has 0 heterocycles. The van der Waals surface area contributed by atoms with E-state index in [0.717, 1.165) is 6.07 Å². The van der Waals surface area contributed by atoms with E-state index >= 15 is 0 Å². The predicted molar refractivity (Wildman–Crippen MR) is 73.4 cm³/mol. The Morgan fingerprint density at radius 2 is 2.05 bits per heavy atom. The highest BCUT2D eigenvalue weighted by molar-refractivity contribution is 6.31. The summed E-state index contributed by atoms with van der Waals surface area (Å²) in [4.78, 5) is 33.3. The third-order valence-corrected chi connectivity index (χ3v) is 2.99. The van der Waals surface area contributed by atoms with Crippen molar-refractivity contribution >= 4 is 29.1 Å². The van der Waals surface area contributed by atoms with Gasteiger partial charge >= 0.3 is 0 Å². The minimum absolute atomic E-state index is 0.0268. The number of amides is 2. The molecule has 0 aromatic heterocycles. The van der Waals surface area contributed by atoms with Crippen LogP contribution < -0.4 is 11.1 Å². The molecule has 7 nitrogen and oxygen atoms in total. The summed E-state index contributed by atoms with van der Waals surface area (Å²) in [6.45, 7) is 3.10. The number of nitrogens with zero attached hydrogens (tertiary/aromatic N) is 1. The lowest BCUT2D eigenvalue weighted by Gasteiger charge is -2.20. The minimum Gasteiger partial charge on any atom is -0.369 e. The lowest BCUT2D eigenvalue weighted by atomic mass is 9.92. The number of nitro benzene ring substituents is 1. The lowest BCUT2D eigenvalue weighted by Crippen LogP contribution is -2.42. The monoisotopic (exact) mass is 299 g/mol. The molecule has 0 spiro atoms. The molecule has 0 unspecified atom stereocenters. The maximum absolute atomic E-state index is 11.9. The number of carbonyl (C=O) groups excluding carboxylic acids is 2. The molecule has 0 aliphatic rings. The predicted octanol–water partition coefficient (Wildman–Crippen LogP) is 1.49. The number of hydrogen-bond donors (Lipinski definition) is 2. The molecule has 0 fully saturated rings. The first-order chi connectivity index (χ1) is 9.15. The zero-order chi connectivity index (χ0) is 15.5. The minimum atomic E-state index is -0.948. The number of nitrogens with two attached hydrogens (primary N) is 1. The summed E-state index contributed by atoms with van der Waals surface area (Å²) >= 11 is 5.66. The Morgan fingerprint density at radius 3 is 2.55 bits per heavy atom. The largest absolute Gasteiger partial charge is 0.369 e.